The largest absolute Gasteiger partial charge is 0.324 e. The number of carbonyl (C=O) groups is 1. The molecular formula is C19H19ClN4O3. The van der Waals surface area contributed by atoms with Crippen LogP contribution >= 0.6 is 11.6 Å². The number of rotatable bonds is 7. The highest BCUT2D eigenvalue weighted by Gasteiger charge is 2.17. The number of halogens is 1. The summed E-state index contributed by atoms with van der Waals surface area (Å²) in [6, 6.07) is 13.3. The van der Waals surface area contributed by atoms with Gasteiger partial charge in [-0.05, 0) is 37.6 Å². The Balaban J connectivity index is 2.04. The van der Waals surface area contributed by atoms with Gasteiger partial charge >= 0.3 is 0 Å². The first-order chi connectivity index (χ1) is 12.8. The Bertz CT molecular complexity index is 876. The first kappa shape index (κ1) is 20.4. The fourth-order valence-corrected chi connectivity index (χ4v) is 2.66. The van der Waals surface area contributed by atoms with Crippen molar-refractivity contribution in [2.75, 3.05) is 11.9 Å². The zero-order valence-electron chi connectivity index (χ0n) is 15.0. The number of nitrogens with one attached hydrogen (secondary N) is 1. The Labute approximate surface area is 162 Å². The van der Waals surface area contributed by atoms with Crippen LogP contribution in [0.1, 0.15) is 25.0 Å². The fraction of sp³-hybridized carbons (Fsp3) is 0.263. The maximum Gasteiger partial charge on any atom is 0.271 e. The monoisotopic (exact) mass is 386 g/mol. The van der Waals surface area contributed by atoms with E-state index in [1.165, 1.54) is 18.2 Å². The highest BCUT2D eigenvalue weighted by molar-refractivity contribution is 6.34. The number of carbonyl (C=O) groups excluding carboxylic acids is 1. The van der Waals surface area contributed by atoms with E-state index in [-0.39, 0.29) is 29.2 Å². The molecule has 2 aromatic rings. The SMILES string of the molecule is CC(C)N(CC(=O)Nc1ccc([N+](=O)[O-])cc1Cl)Cc1ccc(C#N)cc1. The van der Waals surface area contributed by atoms with Crippen LogP contribution in [0.3, 0.4) is 0 Å². The van der Waals surface area contributed by atoms with Gasteiger partial charge in [0.05, 0.1) is 33.8 Å². The molecule has 0 radical (unpaired) electrons. The van der Waals surface area contributed by atoms with E-state index in [0.29, 0.717) is 17.8 Å². The summed E-state index contributed by atoms with van der Waals surface area (Å²) >= 11 is 6.02. The molecule has 0 aliphatic rings. The molecule has 1 N–H and O–H groups in total. The third-order valence-electron chi connectivity index (χ3n) is 3.98. The predicted octanol–water partition coefficient (Wildman–Crippen LogP) is 3.97. The van der Waals surface area contributed by atoms with Gasteiger partial charge in [0.2, 0.25) is 5.91 Å². The first-order valence-electron chi connectivity index (χ1n) is 8.27. The van der Waals surface area contributed by atoms with E-state index in [4.69, 9.17) is 16.9 Å². The van der Waals surface area contributed by atoms with Crippen molar-refractivity contribution in [3.63, 3.8) is 0 Å². The molecule has 0 aromatic heterocycles. The highest BCUT2D eigenvalue weighted by atomic mass is 35.5. The predicted molar refractivity (Wildman–Crippen MR) is 103 cm³/mol. The van der Waals surface area contributed by atoms with Crippen LogP contribution in [0, 0.1) is 21.4 Å². The number of nitrogens with zero attached hydrogens (tertiary/aromatic N) is 3. The van der Waals surface area contributed by atoms with Crippen molar-refractivity contribution in [1.29, 1.82) is 5.26 Å². The van der Waals surface area contributed by atoms with E-state index in [1.807, 2.05) is 30.9 Å². The van der Waals surface area contributed by atoms with Gasteiger partial charge in [-0.2, -0.15) is 5.26 Å². The van der Waals surface area contributed by atoms with Crippen LogP contribution in [0.15, 0.2) is 42.5 Å². The number of nitriles is 1. The van der Waals surface area contributed by atoms with Crippen LogP contribution < -0.4 is 5.32 Å². The van der Waals surface area contributed by atoms with E-state index < -0.39 is 4.92 Å². The summed E-state index contributed by atoms with van der Waals surface area (Å²) in [7, 11) is 0. The molecule has 1 amide bonds. The van der Waals surface area contributed by atoms with Crippen molar-refractivity contribution < 1.29 is 9.72 Å². The molecule has 0 aliphatic heterocycles. The molecule has 0 atom stereocenters. The third-order valence-corrected chi connectivity index (χ3v) is 4.30. The fourth-order valence-electron chi connectivity index (χ4n) is 2.43. The number of nitro benzene ring substituents is 1. The Kier molecular flexibility index (Phi) is 6.88. The lowest BCUT2D eigenvalue weighted by atomic mass is 10.1. The second-order valence-corrected chi connectivity index (χ2v) is 6.68. The van der Waals surface area contributed by atoms with Crippen molar-refractivity contribution in [1.82, 2.24) is 4.90 Å². The second-order valence-electron chi connectivity index (χ2n) is 6.28. The molecule has 2 rings (SSSR count). The molecule has 0 bridgehead atoms. The van der Waals surface area contributed by atoms with Gasteiger partial charge < -0.3 is 5.32 Å². The Morgan fingerprint density at radius 2 is 1.96 bits per heavy atom. The third kappa shape index (κ3) is 5.78. The van der Waals surface area contributed by atoms with Gasteiger partial charge in [-0.1, -0.05) is 23.7 Å². The van der Waals surface area contributed by atoms with Gasteiger partial charge in [0.25, 0.3) is 5.69 Å². The summed E-state index contributed by atoms with van der Waals surface area (Å²) in [6.07, 6.45) is 0. The van der Waals surface area contributed by atoms with Crippen molar-refractivity contribution >= 4 is 28.9 Å². The Morgan fingerprint density at radius 1 is 1.30 bits per heavy atom. The molecule has 0 heterocycles. The van der Waals surface area contributed by atoms with E-state index in [9.17, 15) is 14.9 Å². The quantitative estimate of drug-likeness (QED) is 0.573. The lowest BCUT2D eigenvalue weighted by Crippen LogP contribution is -2.37. The molecule has 2 aromatic carbocycles. The summed E-state index contributed by atoms with van der Waals surface area (Å²) in [4.78, 5) is 24.6. The van der Waals surface area contributed by atoms with Gasteiger partial charge in [0, 0.05) is 24.7 Å². The minimum Gasteiger partial charge on any atom is -0.324 e. The van der Waals surface area contributed by atoms with Crippen LogP contribution in [0.25, 0.3) is 0 Å². The van der Waals surface area contributed by atoms with E-state index >= 15 is 0 Å². The number of hydrogen-bond acceptors (Lipinski definition) is 5. The molecule has 0 aliphatic carbocycles. The number of hydrogen-bond donors (Lipinski definition) is 1. The molecule has 8 heteroatoms. The standard InChI is InChI=1S/C19H19ClN4O3/c1-13(2)23(11-15-5-3-14(10-21)4-6-15)12-19(25)22-18-8-7-16(24(26)27)9-17(18)20/h3-9,13H,11-12H2,1-2H3,(H,22,25). The number of nitro groups is 1. The minimum atomic E-state index is -0.546. The maximum atomic E-state index is 12.4. The number of amides is 1. The molecule has 140 valence electrons. The van der Waals surface area contributed by atoms with E-state index in [0.717, 1.165) is 5.56 Å². The van der Waals surface area contributed by atoms with E-state index in [2.05, 4.69) is 11.4 Å². The zero-order valence-corrected chi connectivity index (χ0v) is 15.7. The van der Waals surface area contributed by atoms with Gasteiger partial charge in [-0.15, -0.1) is 0 Å². The summed E-state index contributed by atoms with van der Waals surface area (Å²) in [5.41, 5.74) is 1.77. The van der Waals surface area contributed by atoms with Crippen molar-refractivity contribution in [3.8, 4) is 6.07 Å². The summed E-state index contributed by atoms with van der Waals surface area (Å²) in [5, 5.41) is 22.4. The zero-order chi connectivity index (χ0) is 20.0. The van der Waals surface area contributed by atoms with Crippen molar-refractivity contribution in [3.05, 3.63) is 68.7 Å². The summed E-state index contributed by atoms with van der Waals surface area (Å²) < 4.78 is 0. The summed E-state index contributed by atoms with van der Waals surface area (Å²) in [6.45, 7) is 4.64. The average Bonchev–Trinajstić information content (AvgIpc) is 2.63. The van der Waals surface area contributed by atoms with Crippen LogP contribution in [-0.2, 0) is 11.3 Å². The Morgan fingerprint density at radius 3 is 2.48 bits per heavy atom. The smallest absolute Gasteiger partial charge is 0.271 e. The highest BCUT2D eigenvalue weighted by Crippen LogP contribution is 2.26. The topological polar surface area (TPSA) is 99.3 Å². The number of anilines is 1. The number of benzene rings is 2. The van der Waals surface area contributed by atoms with Crippen LogP contribution in [-0.4, -0.2) is 28.3 Å². The molecule has 7 nitrogen and oxygen atoms in total. The lowest BCUT2D eigenvalue weighted by molar-refractivity contribution is -0.384. The van der Waals surface area contributed by atoms with Gasteiger partial charge in [0.15, 0.2) is 0 Å². The van der Waals surface area contributed by atoms with Gasteiger partial charge in [-0.3, -0.25) is 19.8 Å². The molecule has 0 saturated heterocycles. The van der Waals surface area contributed by atoms with Crippen molar-refractivity contribution in [2.45, 2.75) is 26.4 Å². The summed E-state index contributed by atoms with van der Waals surface area (Å²) in [5.74, 6) is -0.270. The van der Waals surface area contributed by atoms with Crippen LogP contribution in [0.2, 0.25) is 5.02 Å². The second kappa shape index (κ2) is 9.12. The molecule has 0 saturated carbocycles. The van der Waals surface area contributed by atoms with Crippen molar-refractivity contribution in [2.24, 2.45) is 0 Å². The molecule has 0 fully saturated rings. The van der Waals surface area contributed by atoms with Gasteiger partial charge in [-0.25, -0.2) is 0 Å². The number of non-ortho nitro benzene ring substituents is 1. The van der Waals surface area contributed by atoms with Crippen LogP contribution in [0.5, 0.6) is 0 Å². The first-order valence-corrected chi connectivity index (χ1v) is 8.65. The molecular weight excluding hydrogens is 368 g/mol. The average molecular weight is 387 g/mol. The molecule has 27 heavy (non-hydrogen) atoms. The molecule has 0 spiro atoms. The van der Waals surface area contributed by atoms with Crippen LogP contribution in [0.4, 0.5) is 11.4 Å². The normalized spacial score (nSPS) is 10.7. The van der Waals surface area contributed by atoms with E-state index in [1.54, 1.807) is 12.1 Å². The van der Waals surface area contributed by atoms with Gasteiger partial charge in [0.1, 0.15) is 0 Å². The maximum absolute atomic E-state index is 12.4. The Hall–Kier alpha value is -2.95. The lowest BCUT2D eigenvalue weighted by Gasteiger charge is -2.26. The molecule has 0 unspecified atom stereocenters. The minimum absolute atomic E-state index is 0.110.